The van der Waals surface area contributed by atoms with Gasteiger partial charge >= 0.3 is 154 Å². The van der Waals surface area contributed by atoms with Crippen LogP contribution in [0.3, 0.4) is 0 Å². The van der Waals surface area contributed by atoms with E-state index in [2.05, 4.69) is 60.6 Å². The van der Waals surface area contributed by atoms with Gasteiger partial charge in [-0.25, -0.2) is 0 Å². The van der Waals surface area contributed by atoms with Crippen LogP contribution >= 0.6 is 0 Å². The van der Waals surface area contributed by atoms with Gasteiger partial charge in [-0.2, -0.15) is 0 Å². The van der Waals surface area contributed by atoms with Crippen molar-refractivity contribution in [2.75, 3.05) is 0 Å². The van der Waals surface area contributed by atoms with Gasteiger partial charge in [-0.3, -0.25) is 0 Å². The number of nitrogens with zero attached hydrogens (tertiary/aromatic N) is 1. The molecule has 0 aliphatic rings. The van der Waals surface area contributed by atoms with Crippen molar-refractivity contribution in [1.29, 1.82) is 0 Å². The summed E-state index contributed by atoms with van der Waals surface area (Å²) >= 11 is 0.113. The molecular formula is C22H17NOSe. The molecule has 0 aliphatic heterocycles. The maximum absolute atomic E-state index is 5.81. The quantitative estimate of drug-likeness (QED) is 0.493. The number of hydrogen-bond donors (Lipinski definition) is 0. The fraction of sp³-hybridized carbons (Fsp3) is 0.0455. The first-order valence-corrected chi connectivity index (χ1v) is 9.88. The molecule has 2 nitrogen and oxygen atoms in total. The second-order valence-electron chi connectivity index (χ2n) is 5.79. The summed E-state index contributed by atoms with van der Waals surface area (Å²) in [5, 5.41) is 4.43. The number of benzene rings is 3. The third-order valence-corrected chi connectivity index (χ3v) is 6.68. The van der Waals surface area contributed by atoms with Crippen molar-refractivity contribution in [2.45, 2.75) is 6.92 Å². The molecule has 3 aromatic carbocycles. The van der Waals surface area contributed by atoms with Crippen molar-refractivity contribution in [3.63, 3.8) is 0 Å². The molecule has 3 heteroatoms. The van der Waals surface area contributed by atoms with Crippen LogP contribution in [0.15, 0.2) is 89.5 Å². The molecule has 0 bridgehead atoms. The third kappa shape index (κ3) is 3.30. The van der Waals surface area contributed by atoms with Crippen LogP contribution in [0.2, 0.25) is 0 Å². The Morgan fingerprint density at radius 2 is 1.32 bits per heavy atom. The van der Waals surface area contributed by atoms with E-state index in [1.54, 1.807) is 0 Å². The fourth-order valence-electron chi connectivity index (χ4n) is 2.71. The van der Waals surface area contributed by atoms with Gasteiger partial charge < -0.3 is 0 Å². The van der Waals surface area contributed by atoms with Crippen LogP contribution in [-0.4, -0.2) is 20.1 Å². The first-order chi connectivity index (χ1) is 12.3. The molecule has 0 radical (unpaired) electrons. The minimum atomic E-state index is 0.113. The summed E-state index contributed by atoms with van der Waals surface area (Å²) in [7, 11) is 0. The fourth-order valence-corrected chi connectivity index (χ4v) is 5.01. The van der Waals surface area contributed by atoms with Gasteiger partial charge in [0.1, 0.15) is 0 Å². The molecule has 1 heterocycles. The SMILES string of the molecule is Cc1ccccc1[Se]c1c(-c2ccccc2)noc1-c1ccccc1. The van der Waals surface area contributed by atoms with Gasteiger partial charge in [-0.05, 0) is 0 Å². The van der Waals surface area contributed by atoms with E-state index in [0.717, 1.165) is 22.6 Å². The second-order valence-corrected chi connectivity index (χ2v) is 8.00. The molecule has 25 heavy (non-hydrogen) atoms. The van der Waals surface area contributed by atoms with Gasteiger partial charge in [0, 0.05) is 0 Å². The molecule has 0 N–H and O–H groups in total. The Morgan fingerprint density at radius 3 is 2.00 bits per heavy atom. The molecule has 0 unspecified atom stereocenters. The van der Waals surface area contributed by atoms with E-state index in [9.17, 15) is 0 Å². The Hall–Kier alpha value is -2.61. The van der Waals surface area contributed by atoms with Crippen molar-refractivity contribution >= 4 is 23.9 Å². The minimum absolute atomic E-state index is 0.113. The molecule has 0 spiro atoms. The molecular weight excluding hydrogens is 373 g/mol. The maximum atomic E-state index is 5.81. The van der Waals surface area contributed by atoms with Crippen molar-refractivity contribution < 1.29 is 4.52 Å². The number of aromatic nitrogens is 1. The van der Waals surface area contributed by atoms with Crippen LogP contribution in [0.1, 0.15) is 5.56 Å². The van der Waals surface area contributed by atoms with Gasteiger partial charge in [-0.1, -0.05) is 0 Å². The molecule has 0 atom stereocenters. The Morgan fingerprint density at radius 1 is 0.720 bits per heavy atom. The Balaban J connectivity index is 1.86. The van der Waals surface area contributed by atoms with Gasteiger partial charge in [0.2, 0.25) is 0 Å². The third-order valence-electron chi connectivity index (χ3n) is 4.04. The van der Waals surface area contributed by atoms with Crippen LogP contribution in [-0.2, 0) is 0 Å². The van der Waals surface area contributed by atoms with Crippen LogP contribution in [0.25, 0.3) is 22.6 Å². The van der Waals surface area contributed by atoms with Gasteiger partial charge in [0.05, 0.1) is 0 Å². The van der Waals surface area contributed by atoms with Crippen LogP contribution < -0.4 is 8.92 Å². The molecule has 0 saturated carbocycles. The van der Waals surface area contributed by atoms with Crippen LogP contribution in [0.4, 0.5) is 0 Å². The zero-order valence-electron chi connectivity index (χ0n) is 13.8. The molecule has 0 saturated heterocycles. The van der Waals surface area contributed by atoms with Gasteiger partial charge in [0.25, 0.3) is 0 Å². The predicted molar refractivity (Wildman–Crippen MR) is 104 cm³/mol. The normalized spacial score (nSPS) is 10.8. The standard InChI is InChI=1S/C22H17NOSe/c1-16-10-8-9-15-19(16)25-22-20(17-11-4-2-5-12-17)23-24-21(22)18-13-6-3-7-14-18/h2-15H,1H3. The van der Waals surface area contributed by atoms with Gasteiger partial charge in [-0.15, -0.1) is 0 Å². The number of aryl methyl sites for hydroxylation is 1. The van der Waals surface area contributed by atoms with E-state index in [1.165, 1.54) is 14.5 Å². The molecule has 0 fully saturated rings. The molecule has 0 amide bonds. The molecule has 1 aromatic heterocycles. The van der Waals surface area contributed by atoms with Crippen LogP contribution in [0, 0.1) is 6.92 Å². The summed E-state index contributed by atoms with van der Waals surface area (Å²) in [6, 6.07) is 29.1. The Bertz CT molecular complexity index is 920. The van der Waals surface area contributed by atoms with E-state index >= 15 is 0 Å². The summed E-state index contributed by atoms with van der Waals surface area (Å²) in [5.41, 5.74) is 4.42. The van der Waals surface area contributed by atoms with Crippen molar-refractivity contribution in [3.05, 3.63) is 90.5 Å². The summed E-state index contributed by atoms with van der Waals surface area (Å²) < 4.78 is 8.36. The van der Waals surface area contributed by atoms with Crippen molar-refractivity contribution in [3.8, 4) is 22.6 Å². The number of hydrogen-bond acceptors (Lipinski definition) is 2. The Labute approximate surface area is 153 Å². The predicted octanol–water partition coefficient (Wildman–Crippen LogP) is 3.97. The summed E-state index contributed by atoms with van der Waals surface area (Å²) in [4.78, 5) is 0. The first kappa shape index (κ1) is 15.9. The zero-order chi connectivity index (χ0) is 17.1. The van der Waals surface area contributed by atoms with E-state index in [1.807, 2.05) is 36.4 Å². The first-order valence-electron chi connectivity index (χ1n) is 8.17. The molecule has 0 aliphatic carbocycles. The summed E-state index contributed by atoms with van der Waals surface area (Å²) in [6.45, 7) is 2.16. The molecule has 122 valence electrons. The zero-order valence-corrected chi connectivity index (χ0v) is 15.6. The Kier molecular flexibility index (Phi) is 4.51. The summed E-state index contributed by atoms with van der Waals surface area (Å²) in [5.74, 6) is 0.878. The van der Waals surface area contributed by atoms with Crippen molar-refractivity contribution in [2.24, 2.45) is 0 Å². The topological polar surface area (TPSA) is 26.0 Å². The second kappa shape index (κ2) is 7.10. The number of rotatable bonds is 4. The van der Waals surface area contributed by atoms with E-state index < -0.39 is 0 Å². The van der Waals surface area contributed by atoms with Crippen LogP contribution in [0.5, 0.6) is 0 Å². The molecule has 4 rings (SSSR count). The van der Waals surface area contributed by atoms with Crippen molar-refractivity contribution in [1.82, 2.24) is 5.16 Å². The monoisotopic (exact) mass is 391 g/mol. The van der Waals surface area contributed by atoms with Gasteiger partial charge in [0.15, 0.2) is 0 Å². The molecule has 4 aromatic rings. The average molecular weight is 390 g/mol. The summed E-state index contributed by atoms with van der Waals surface area (Å²) in [6.07, 6.45) is 0. The van der Waals surface area contributed by atoms with E-state index in [4.69, 9.17) is 4.52 Å². The van der Waals surface area contributed by atoms with E-state index in [-0.39, 0.29) is 15.0 Å². The average Bonchev–Trinajstić information content (AvgIpc) is 3.09. The van der Waals surface area contributed by atoms with E-state index in [0.29, 0.717) is 0 Å².